The number of nitrogens with one attached hydrogen (secondary N) is 1. The van der Waals surface area contributed by atoms with E-state index >= 15 is 0 Å². The normalized spacial score (nSPS) is 14.2. The molecule has 0 spiro atoms. The van der Waals surface area contributed by atoms with Crippen LogP contribution in [0.4, 0.5) is 23.8 Å². The molecule has 2 aromatic carbocycles. The van der Waals surface area contributed by atoms with Crippen LogP contribution in [0.3, 0.4) is 0 Å². The van der Waals surface area contributed by atoms with Crippen molar-refractivity contribution in [3.63, 3.8) is 0 Å². The van der Waals surface area contributed by atoms with Crippen LogP contribution in [0.15, 0.2) is 83.5 Å². The van der Waals surface area contributed by atoms with Crippen molar-refractivity contribution in [3.8, 4) is 11.4 Å². The van der Waals surface area contributed by atoms with Gasteiger partial charge in [-0.25, -0.2) is 9.78 Å². The second-order valence-corrected chi connectivity index (χ2v) is 8.50. The fraction of sp³-hybridized carbons (Fsp3) is 0.231. The predicted octanol–water partition coefficient (Wildman–Crippen LogP) is 4.77. The Labute approximate surface area is 210 Å². The topological polar surface area (TPSA) is 87.4 Å². The van der Waals surface area contributed by atoms with Gasteiger partial charge in [-0.3, -0.25) is 0 Å². The van der Waals surface area contributed by atoms with E-state index in [9.17, 15) is 18.0 Å². The van der Waals surface area contributed by atoms with Crippen LogP contribution in [0, 0.1) is 0 Å². The Kier molecular flexibility index (Phi) is 6.76. The van der Waals surface area contributed by atoms with Gasteiger partial charge < -0.3 is 19.6 Å². The number of aromatic nitrogens is 3. The van der Waals surface area contributed by atoms with E-state index in [0.29, 0.717) is 37.6 Å². The monoisotopic (exact) mass is 508 g/mol. The van der Waals surface area contributed by atoms with Crippen LogP contribution in [-0.4, -0.2) is 52.2 Å². The number of benzene rings is 2. The number of rotatable bonds is 5. The zero-order valence-corrected chi connectivity index (χ0v) is 19.6. The van der Waals surface area contributed by atoms with Crippen LogP contribution >= 0.6 is 0 Å². The molecule has 1 fully saturated rings. The lowest BCUT2D eigenvalue weighted by atomic mass is 9.99. The van der Waals surface area contributed by atoms with Crippen molar-refractivity contribution in [3.05, 3.63) is 96.0 Å². The van der Waals surface area contributed by atoms with E-state index in [0.717, 1.165) is 11.1 Å². The van der Waals surface area contributed by atoms with E-state index in [1.54, 1.807) is 17.0 Å². The van der Waals surface area contributed by atoms with Gasteiger partial charge in [0.25, 0.3) is 0 Å². The number of hydrogen-bond donors (Lipinski definition) is 1. The lowest BCUT2D eigenvalue weighted by Crippen LogP contribution is -2.52. The highest BCUT2D eigenvalue weighted by Crippen LogP contribution is 2.29. The van der Waals surface area contributed by atoms with E-state index in [1.165, 1.54) is 6.20 Å². The number of anilines is 1. The molecule has 190 valence electrons. The quantitative estimate of drug-likeness (QED) is 0.418. The molecule has 5 rings (SSSR count). The zero-order chi connectivity index (χ0) is 25.8. The van der Waals surface area contributed by atoms with Gasteiger partial charge in [-0.1, -0.05) is 65.8 Å². The summed E-state index contributed by atoms with van der Waals surface area (Å²) in [6.45, 7) is 2.10. The third-order valence-corrected chi connectivity index (χ3v) is 6.10. The highest BCUT2D eigenvalue weighted by atomic mass is 19.4. The molecule has 3 heterocycles. The molecule has 0 saturated carbocycles. The van der Waals surface area contributed by atoms with Crippen molar-refractivity contribution >= 4 is 11.8 Å². The Morgan fingerprint density at radius 2 is 1.51 bits per heavy atom. The van der Waals surface area contributed by atoms with Crippen molar-refractivity contribution in [2.75, 3.05) is 31.1 Å². The van der Waals surface area contributed by atoms with Gasteiger partial charge in [-0.2, -0.15) is 18.2 Å². The second-order valence-electron chi connectivity index (χ2n) is 8.50. The first-order valence-corrected chi connectivity index (χ1v) is 11.7. The van der Waals surface area contributed by atoms with E-state index in [1.807, 2.05) is 65.6 Å². The van der Waals surface area contributed by atoms with E-state index < -0.39 is 12.1 Å². The zero-order valence-electron chi connectivity index (χ0n) is 19.6. The van der Waals surface area contributed by atoms with Crippen molar-refractivity contribution < 1.29 is 22.5 Å². The van der Waals surface area contributed by atoms with Crippen LogP contribution < -0.4 is 10.2 Å². The van der Waals surface area contributed by atoms with Crippen LogP contribution in [0.2, 0.25) is 0 Å². The highest BCUT2D eigenvalue weighted by molar-refractivity contribution is 5.75. The van der Waals surface area contributed by atoms with Gasteiger partial charge in [0, 0.05) is 37.9 Å². The second kappa shape index (κ2) is 10.3. The first-order valence-electron chi connectivity index (χ1n) is 11.7. The fourth-order valence-electron chi connectivity index (χ4n) is 4.16. The molecule has 1 aliphatic heterocycles. The summed E-state index contributed by atoms with van der Waals surface area (Å²) in [6.07, 6.45) is -3.30. The summed E-state index contributed by atoms with van der Waals surface area (Å²) in [4.78, 5) is 24.7. The Morgan fingerprint density at radius 1 is 0.892 bits per heavy atom. The van der Waals surface area contributed by atoms with Crippen LogP contribution in [0.1, 0.15) is 23.1 Å². The van der Waals surface area contributed by atoms with Gasteiger partial charge in [0.05, 0.1) is 6.04 Å². The van der Waals surface area contributed by atoms with Gasteiger partial charge in [0.2, 0.25) is 5.82 Å². The van der Waals surface area contributed by atoms with Crippen molar-refractivity contribution in [2.24, 2.45) is 0 Å². The van der Waals surface area contributed by atoms with Crippen molar-refractivity contribution in [1.82, 2.24) is 25.3 Å². The van der Waals surface area contributed by atoms with Crippen LogP contribution in [0.5, 0.6) is 0 Å². The minimum absolute atomic E-state index is 0.154. The predicted molar refractivity (Wildman–Crippen MR) is 130 cm³/mol. The molecule has 0 atom stereocenters. The van der Waals surface area contributed by atoms with Gasteiger partial charge in [0.1, 0.15) is 5.82 Å². The number of amides is 2. The van der Waals surface area contributed by atoms with Crippen molar-refractivity contribution in [2.45, 2.75) is 12.2 Å². The van der Waals surface area contributed by atoms with E-state index in [2.05, 4.69) is 25.0 Å². The maximum atomic E-state index is 13.2. The molecule has 1 N–H and O–H groups in total. The molecule has 8 nitrogen and oxygen atoms in total. The summed E-state index contributed by atoms with van der Waals surface area (Å²) in [7, 11) is 0. The average Bonchev–Trinajstić information content (AvgIpc) is 3.44. The number of urea groups is 1. The number of carbonyl (C=O) groups is 1. The SMILES string of the molecule is O=C(NC(c1ccccc1)c1ccccc1)N1CCN(c2ccc(-c3noc(C(F)(F)F)n3)cn2)CC1. The summed E-state index contributed by atoms with van der Waals surface area (Å²) in [5.74, 6) is -0.934. The standard InChI is InChI=1S/C26H23F3N6O2/c27-26(28,29)24-32-23(33-37-24)20-11-12-21(30-17-20)34-13-15-35(16-14-34)25(36)31-22(18-7-3-1-4-8-18)19-9-5-2-6-10-19/h1-12,17,22H,13-16H2,(H,31,36). The van der Waals surface area contributed by atoms with Gasteiger partial charge >= 0.3 is 18.1 Å². The third kappa shape index (κ3) is 5.55. The molecule has 0 bridgehead atoms. The Balaban J connectivity index is 1.21. The summed E-state index contributed by atoms with van der Waals surface area (Å²) in [5, 5.41) is 6.54. The minimum atomic E-state index is -4.70. The Morgan fingerprint density at radius 3 is 2.03 bits per heavy atom. The third-order valence-electron chi connectivity index (χ3n) is 6.10. The average molecular weight is 509 g/mol. The molecule has 11 heteroatoms. The fourth-order valence-corrected chi connectivity index (χ4v) is 4.16. The Bertz CT molecular complexity index is 1280. The largest absolute Gasteiger partial charge is 0.471 e. The van der Waals surface area contributed by atoms with Crippen molar-refractivity contribution in [1.29, 1.82) is 0 Å². The van der Waals surface area contributed by atoms with Gasteiger partial charge in [-0.15, -0.1) is 0 Å². The molecule has 0 unspecified atom stereocenters. The summed E-state index contributed by atoms with van der Waals surface area (Å²) < 4.78 is 42.4. The number of pyridine rings is 1. The molecule has 0 radical (unpaired) electrons. The van der Waals surface area contributed by atoms with E-state index in [-0.39, 0.29) is 17.9 Å². The molecule has 37 heavy (non-hydrogen) atoms. The molecular formula is C26H23F3N6O2. The lowest BCUT2D eigenvalue weighted by Gasteiger charge is -2.36. The molecule has 4 aromatic rings. The van der Waals surface area contributed by atoms with Crippen LogP contribution in [0.25, 0.3) is 11.4 Å². The maximum absolute atomic E-state index is 13.2. The maximum Gasteiger partial charge on any atom is 0.471 e. The number of hydrogen-bond acceptors (Lipinski definition) is 6. The molecule has 2 amide bonds. The summed E-state index contributed by atoms with van der Waals surface area (Å²) >= 11 is 0. The van der Waals surface area contributed by atoms with E-state index in [4.69, 9.17) is 0 Å². The smallest absolute Gasteiger partial charge is 0.353 e. The number of nitrogens with zero attached hydrogens (tertiary/aromatic N) is 5. The number of piperazine rings is 1. The minimum Gasteiger partial charge on any atom is -0.353 e. The molecule has 2 aromatic heterocycles. The molecule has 0 aliphatic carbocycles. The highest BCUT2D eigenvalue weighted by Gasteiger charge is 2.38. The number of carbonyl (C=O) groups excluding carboxylic acids is 1. The molecule has 1 aliphatic rings. The summed E-state index contributed by atoms with van der Waals surface area (Å²) in [6, 6.07) is 22.5. The van der Waals surface area contributed by atoms with Crippen LogP contribution in [-0.2, 0) is 6.18 Å². The molecule has 1 saturated heterocycles. The first kappa shape index (κ1) is 24.3. The number of alkyl halides is 3. The first-order chi connectivity index (χ1) is 17.9. The Hall–Kier alpha value is -4.41. The van der Waals surface area contributed by atoms with Gasteiger partial charge in [-0.05, 0) is 23.3 Å². The summed E-state index contributed by atoms with van der Waals surface area (Å²) in [5.41, 5.74) is 2.30. The lowest BCUT2D eigenvalue weighted by molar-refractivity contribution is -0.159. The molecular weight excluding hydrogens is 485 g/mol. The number of halogens is 3. The van der Waals surface area contributed by atoms with Gasteiger partial charge in [0.15, 0.2) is 0 Å².